The molecule has 22 heavy (non-hydrogen) atoms. The normalized spacial score (nSPS) is 23.3. The molecule has 120 valence electrons. The van der Waals surface area contributed by atoms with E-state index in [9.17, 15) is 0 Å². The first-order valence-electron chi connectivity index (χ1n) is 8.34. The maximum atomic E-state index is 6.27. The maximum Gasteiger partial charge on any atom is 0.231 e. The number of benzene rings is 1. The molecule has 1 aliphatic carbocycles. The Morgan fingerprint density at radius 2 is 1.82 bits per heavy atom. The molecule has 0 amide bonds. The number of rotatable bonds is 3. The quantitative estimate of drug-likeness (QED) is 0.853. The van der Waals surface area contributed by atoms with Crippen molar-refractivity contribution in [3.8, 4) is 11.5 Å². The first-order valence-corrected chi connectivity index (χ1v) is 8.72. The summed E-state index contributed by atoms with van der Waals surface area (Å²) in [7, 11) is 0. The van der Waals surface area contributed by atoms with Gasteiger partial charge < -0.3 is 9.47 Å². The van der Waals surface area contributed by atoms with Crippen LogP contribution in [-0.2, 0) is 6.54 Å². The molecule has 0 atom stereocenters. The summed E-state index contributed by atoms with van der Waals surface area (Å²) in [6.45, 7) is 5.89. The van der Waals surface area contributed by atoms with Gasteiger partial charge >= 0.3 is 0 Å². The van der Waals surface area contributed by atoms with Crippen molar-refractivity contribution < 1.29 is 9.47 Å². The molecule has 4 rings (SSSR count). The number of piperazine rings is 1. The van der Waals surface area contributed by atoms with Crippen LogP contribution in [0, 0.1) is 0 Å². The van der Waals surface area contributed by atoms with E-state index in [-0.39, 0.29) is 6.79 Å². The number of hydrogen-bond donors (Lipinski definition) is 0. The van der Waals surface area contributed by atoms with Gasteiger partial charge in [0.25, 0.3) is 0 Å². The SMILES string of the molecule is Clc1cc(CN2CCN(C3CCCC3)CC2)cc2c1OCO2. The summed E-state index contributed by atoms with van der Waals surface area (Å²) in [4.78, 5) is 5.20. The van der Waals surface area contributed by atoms with Crippen molar-refractivity contribution in [2.45, 2.75) is 38.3 Å². The van der Waals surface area contributed by atoms with Gasteiger partial charge in [0, 0.05) is 38.8 Å². The molecule has 4 nitrogen and oxygen atoms in total. The molecule has 0 N–H and O–H groups in total. The van der Waals surface area contributed by atoms with E-state index in [0.717, 1.165) is 31.4 Å². The zero-order valence-electron chi connectivity index (χ0n) is 12.9. The summed E-state index contributed by atoms with van der Waals surface area (Å²) in [6.07, 6.45) is 5.64. The predicted molar refractivity (Wildman–Crippen MR) is 86.7 cm³/mol. The van der Waals surface area contributed by atoms with E-state index in [0.29, 0.717) is 10.8 Å². The Hall–Kier alpha value is -0.970. The first-order chi connectivity index (χ1) is 10.8. The highest BCUT2D eigenvalue weighted by molar-refractivity contribution is 6.32. The Balaban J connectivity index is 1.36. The molecular formula is C17H23ClN2O2. The van der Waals surface area contributed by atoms with E-state index in [1.54, 1.807) is 0 Å². The topological polar surface area (TPSA) is 24.9 Å². The smallest absolute Gasteiger partial charge is 0.231 e. The van der Waals surface area contributed by atoms with Gasteiger partial charge in [-0.2, -0.15) is 0 Å². The highest BCUT2D eigenvalue weighted by atomic mass is 35.5. The molecule has 0 unspecified atom stereocenters. The third-order valence-electron chi connectivity index (χ3n) is 5.14. The third kappa shape index (κ3) is 2.92. The van der Waals surface area contributed by atoms with Crippen LogP contribution >= 0.6 is 11.6 Å². The fraction of sp³-hybridized carbons (Fsp3) is 0.647. The summed E-state index contributed by atoms with van der Waals surface area (Å²) in [5, 5.41) is 0.662. The lowest BCUT2D eigenvalue weighted by Crippen LogP contribution is -2.49. The van der Waals surface area contributed by atoms with Gasteiger partial charge in [0.05, 0.1) is 5.02 Å². The van der Waals surface area contributed by atoms with Crippen LogP contribution in [0.15, 0.2) is 12.1 Å². The van der Waals surface area contributed by atoms with Crippen LogP contribution in [0.4, 0.5) is 0 Å². The first kappa shape index (κ1) is 14.6. The molecule has 2 heterocycles. The molecule has 1 aromatic rings. The second kappa shape index (κ2) is 6.26. The van der Waals surface area contributed by atoms with Gasteiger partial charge in [0.1, 0.15) is 0 Å². The predicted octanol–water partition coefficient (Wildman–Crippen LogP) is 3.13. The summed E-state index contributed by atoms with van der Waals surface area (Å²) in [5.41, 5.74) is 1.21. The number of ether oxygens (including phenoxy) is 2. The molecule has 2 aliphatic heterocycles. The van der Waals surface area contributed by atoms with E-state index in [4.69, 9.17) is 21.1 Å². The van der Waals surface area contributed by atoms with Crippen LogP contribution in [-0.4, -0.2) is 48.8 Å². The average molecular weight is 323 g/mol. The zero-order valence-corrected chi connectivity index (χ0v) is 13.6. The summed E-state index contributed by atoms with van der Waals surface area (Å²) in [6, 6.07) is 4.93. The van der Waals surface area contributed by atoms with Crippen molar-refractivity contribution in [2.75, 3.05) is 33.0 Å². The fourth-order valence-corrected chi connectivity index (χ4v) is 4.21. The van der Waals surface area contributed by atoms with Crippen LogP contribution in [0.2, 0.25) is 5.02 Å². The van der Waals surface area contributed by atoms with Gasteiger partial charge in [-0.3, -0.25) is 9.80 Å². The molecule has 0 spiro atoms. The second-order valence-corrected chi connectivity index (χ2v) is 6.97. The minimum atomic E-state index is 0.276. The minimum Gasteiger partial charge on any atom is -0.454 e. The lowest BCUT2D eigenvalue weighted by atomic mass is 10.1. The standard InChI is InChI=1S/C17H23ClN2O2/c18-15-9-13(10-16-17(15)22-12-21-16)11-19-5-7-20(8-6-19)14-3-1-2-4-14/h9-10,14H,1-8,11-12H2. The van der Waals surface area contributed by atoms with E-state index in [1.807, 2.05) is 6.07 Å². The van der Waals surface area contributed by atoms with Crippen LogP contribution in [0.5, 0.6) is 11.5 Å². The third-order valence-corrected chi connectivity index (χ3v) is 5.42. The van der Waals surface area contributed by atoms with Gasteiger partial charge in [0.2, 0.25) is 6.79 Å². The van der Waals surface area contributed by atoms with Crippen molar-refractivity contribution in [3.63, 3.8) is 0 Å². The molecule has 0 aromatic heterocycles. The lowest BCUT2D eigenvalue weighted by molar-refractivity contribution is 0.0937. The van der Waals surface area contributed by atoms with E-state index in [2.05, 4.69) is 15.9 Å². The Labute approximate surface area is 136 Å². The number of nitrogens with zero attached hydrogens (tertiary/aromatic N) is 2. The van der Waals surface area contributed by atoms with E-state index < -0.39 is 0 Å². The molecule has 2 fully saturated rings. The Morgan fingerprint density at radius 3 is 2.59 bits per heavy atom. The van der Waals surface area contributed by atoms with Crippen molar-refractivity contribution in [3.05, 3.63) is 22.7 Å². The Morgan fingerprint density at radius 1 is 1.05 bits per heavy atom. The molecule has 1 aromatic carbocycles. The number of hydrogen-bond acceptors (Lipinski definition) is 4. The van der Waals surface area contributed by atoms with E-state index >= 15 is 0 Å². The summed E-state index contributed by atoms with van der Waals surface area (Å²) >= 11 is 6.27. The van der Waals surface area contributed by atoms with Gasteiger partial charge in [-0.15, -0.1) is 0 Å². The monoisotopic (exact) mass is 322 g/mol. The number of fused-ring (bicyclic) bond motifs is 1. The van der Waals surface area contributed by atoms with Crippen LogP contribution in [0.3, 0.4) is 0 Å². The molecule has 3 aliphatic rings. The molecule has 1 saturated heterocycles. The molecule has 0 bridgehead atoms. The Kier molecular flexibility index (Phi) is 4.16. The van der Waals surface area contributed by atoms with Crippen LogP contribution in [0.1, 0.15) is 31.2 Å². The minimum absolute atomic E-state index is 0.276. The summed E-state index contributed by atoms with van der Waals surface area (Å²) in [5.74, 6) is 1.48. The molecular weight excluding hydrogens is 300 g/mol. The van der Waals surface area contributed by atoms with Gasteiger partial charge in [0.15, 0.2) is 11.5 Å². The van der Waals surface area contributed by atoms with Crippen LogP contribution < -0.4 is 9.47 Å². The average Bonchev–Trinajstić information content (AvgIpc) is 3.19. The number of halogens is 1. The van der Waals surface area contributed by atoms with Gasteiger partial charge in [-0.05, 0) is 30.5 Å². The van der Waals surface area contributed by atoms with Crippen molar-refractivity contribution in [1.29, 1.82) is 0 Å². The fourth-order valence-electron chi connectivity index (χ4n) is 3.93. The molecule has 0 radical (unpaired) electrons. The van der Waals surface area contributed by atoms with Gasteiger partial charge in [-0.1, -0.05) is 24.4 Å². The highest BCUT2D eigenvalue weighted by Gasteiger charge is 2.26. The molecule has 5 heteroatoms. The largest absolute Gasteiger partial charge is 0.454 e. The summed E-state index contributed by atoms with van der Waals surface area (Å²) < 4.78 is 10.8. The van der Waals surface area contributed by atoms with Crippen molar-refractivity contribution in [2.24, 2.45) is 0 Å². The van der Waals surface area contributed by atoms with Gasteiger partial charge in [-0.25, -0.2) is 0 Å². The highest BCUT2D eigenvalue weighted by Crippen LogP contribution is 2.40. The van der Waals surface area contributed by atoms with Crippen LogP contribution in [0.25, 0.3) is 0 Å². The zero-order chi connectivity index (χ0) is 14.9. The van der Waals surface area contributed by atoms with Crippen molar-refractivity contribution in [1.82, 2.24) is 9.80 Å². The van der Waals surface area contributed by atoms with Crippen molar-refractivity contribution >= 4 is 11.6 Å². The lowest BCUT2D eigenvalue weighted by Gasteiger charge is -2.38. The Bertz CT molecular complexity index is 538. The second-order valence-electron chi connectivity index (χ2n) is 6.56. The molecule has 1 saturated carbocycles. The maximum absolute atomic E-state index is 6.27. The van der Waals surface area contributed by atoms with E-state index in [1.165, 1.54) is 44.3 Å².